The van der Waals surface area contributed by atoms with Gasteiger partial charge in [0.2, 0.25) is 11.9 Å². The molecule has 29 heavy (non-hydrogen) atoms. The molecule has 1 N–H and O–H groups in total. The molecule has 1 aromatic heterocycles. The molecule has 0 spiro atoms. The fraction of sp³-hybridized carbons (Fsp3) is 0.773. The minimum absolute atomic E-state index is 0.367. The molecule has 0 unspecified atom stereocenters. The molecule has 0 atom stereocenters. The van der Waals surface area contributed by atoms with E-state index in [-0.39, 0.29) is 0 Å². The Bertz CT molecular complexity index is 661. The Morgan fingerprint density at radius 1 is 1.03 bits per heavy atom. The number of piperidine rings is 1. The van der Waals surface area contributed by atoms with Crippen LogP contribution in [0.5, 0.6) is 0 Å². The Balaban J connectivity index is 1.20. The summed E-state index contributed by atoms with van der Waals surface area (Å²) in [6.07, 6.45) is 11.5. The van der Waals surface area contributed by atoms with Gasteiger partial charge in [-0.1, -0.05) is 19.3 Å². The lowest BCUT2D eigenvalue weighted by atomic mass is 9.92. The number of carbonyl (C=O) groups excluding carboxylic acids is 1. The van der Waals surface area contributed by atoms with E-state index in [1.165, 1.54) is 32.1 Å². The van der Waals surface area contributed by atoms with Crippen LogP contribution in [0.15, 0.2) is 12.3 Å². The van der Waals surface area contributed by atoms with Gasteiger partial charge in [-0.2, -0.15) is 4.98 Å². The number of nitrogens with zero attached hydrogens (tertiary/aromatic N) is 5. The van der Waals surface area contributed by atoms with Crippen molar-refractivity contribution in [2.24, 2.45) is 5.92 Å². The van der Waals surface area contributed by atoms with Gasteiger partial charge < -0.3 is 15.1 Å². The number of nitrogens with one attached hydrogen (secondary N) is 1. The number of aromatic nitrogens is 2. The first-order chi connectivity index (χ1) is 14.2. The summed E-state index contributed by atoms with van der Waals surface area (Å²) in [6.45, 7) is 5.90. The van der Waals surface area contributed by atoms with Gasteiger partial charge in [-0.05, 0) is 37.7 Å². The van der Waals surface area contributed by atoms with E-state index in [1.807, 2.05) is 13.1 Å². The average molecular weight is 401 g/mol. The summed E-state index contributed by atoms with van der Waals surface area (Å²) in [6, 6.07) is 2.74. The van der Waals surface area contributed by atoms with Crippen LogP contribution in [-0.2, 0) is 4.79 Å². The first-order valence-electron chi connectivity index (χ1n) is 11.5. The molecule has 2 saturated heterocycles. The number of hydrogen-bond donors (Lipinski definition) is 1. The van der Waals surface area contributed by atoms with Gasteiger partial charge in [0.05, 0.1) is 0 Å². The summed E-state index contributed by atoms with van der Waals surface area (Å²) < 4.78 is 0. The van der Waals surface area contributed by atoms with Gasteiger partial charge in [-0.25, -0.2) is 4.98 Å². The Hall–Kier alpha value is -1.89. The molecule has 7 nitrogen and oxygen atoms in total. The highest BCUT2D eigenvalue weighted by molar-refractivity contribution is 5.76. The molecule has 1 saturated carbocycles. The van der Waals surface area contributed by atoms with E-state index >= 15 is 0 Å². The van der Waals surface area contributed by atoms with Gasteiger partial charge in [0.1, 0.15) is 5.82 Å². The van der Waals surface area contributed by atoms with Crippen LogP contribution in [0.25, 0.3) is 0 Å². The normalized spacial score (nSPS) is 22.7. The zero-order valence-corrected chi connectivity index (χ0v) is 17.9. The number of hydrogen-bond acceptors (Lipinski definition) is 6. The van der Waals surface area contributed by atoms with Crippen LogP contribution in [0.4, 0.5) is 11.8 Å². The van der Waals surface area contributed by atoms with Gasteiger partial charge in [0.25, 0.3) is 0 Å². The van der Waals surface area contributed by atoms with E-state index in [2.05, 4.69) is 30.0 Å². The number of carbonyl (C=O) groups is 1. The highest BCUT2D eigenvalue weighted by Gasteiger charge is 2.29. The smallest absolute Gasteiger partial charge is 0.224 e. The lowest BCUT2D eigenvalue weighted by molar-refractivity contribution is -0.134. The van der Waals surface area contributed by atoms with Crippen molar-refractivity contribution in [2.75, 3.05) is 56.5 Å². The zero-order valence-electron chi connectivity index (χ0n) is 17.9. The fourth-order valence-corrected chi connectivity index (χ4v) is 5.17. The lowest BCUT2D eigenvalue weighted by Gasteiger charge is -2.41. The molecule has 0 radical (unpaired) electrons. The maximum absolute atomic E-state index is 12.8. The van der Waals surface area contributed by atoms with E-state index in [0.717, 1.165) is 64.0 Å². The Kier molecular flexibility index (Phi) is 6.85. The summed E-state index contributed by atoms with van der Waals surface area (Å²) in [5, 5.41) is 3.00. The van der Waals surface area contributed by atoms with Crippen molar-refractivity contribution in [3.05, 3.63) is 12.3 Å². The van der Waals surface area contributed by atoms with Gasteiger partial charge >= 0.3 is 0 Å². The summed E-state index contributed by atoms with van der Waals surface area (Å²) in [7, 11) is 1.84. The SMILES string of the molecule is CNc1nccc(N2CCC(CC(=O)N3CCN(C4CCCCC4)CC3)CC2)n1. The van der Waals surface area contributed by atoms with Crippen molar-refractivity contribution in [2.45, 2.75) is 57.4 Å². The molecule has 1 aromatic rings. The van der Waals surface area contributed by atoms with Crippen molar-refractivity contribution in [1.82, 2.24) is 19.8 Å². The number of amides is 1. The van der Waals surface area contributed by atoms with Crippen molar-refractivity contribution in [3.8, 4) is 0 Å². The second-order valence-electron chi connectivity index (χ2n) is 8.83. The van der Waals surface area contributed by atoms with Crippen LogP contribution in [0.1, 0.15) is 51.4 Å². The van der Waals surface area contributed by atoms with Crippen molar-refractivity contribution >= 4 is 17.7 Å². The average Bonchev–Trinajstić information content (AvgIpc) is 2.80. The molecule has 160 valence electrons. The summed E-state index contributed by atoms with van der Waals surface area (Å²) in [5.74, 6) is 2.51. The van der Waals surface area contributed by atoms with E-state index < -0.39 is 0 Å². The van der Waals surface area contributed by atoms with Crippen LogP contribution < -0.4 is 10.2 Å². The van der Waals surface area contributed by atoms with Crippen molar-refractivity contribution in [3.63, 3.8) is 0 Å². The van der Waals surface area contributed by atoms with Gasteiger partial charge in [0, 0.05) is 65.0 Å². The molecule has 0 bridgehead atoms. The predicted octanol–water partition coefficient (Wildman–Crippen LogP) is 2.60. The quantitative estimate of drug-likeness (QED) is 0.820. The fourth-order valence-electron chi connectivity index (χ4n) is 5.17. The number of anilines is 2. The third kappa shape index (κ3) is 5.18. The third-order valence-corrected chi connectivity index (χ3v) is 7.02. The van der Waals surface area contributed by atoms with Gasteiger partial charge in [-0.3, -0.25) is 9.69 Å². The third-order valence-electron chi connectivity index (χ3n) is 7.02. The molecule has 3 heterocycles. The Morgan fingerprint density at radius 2 is 1.76 bits per heavy atom. The topological polar surface area (TPSA) is 64.6 Å². The second kappa shape index (κ2) is 9.74. The Labute approximate surface area is 174 Å². The van der Waals surface area contributed by atoms with E-state index in [0.29, 0.717) is 24.2 Å². The van der Waals surface area contributed by atoms with Crippen LogP contribution in [-0.4, -0.2) is 78.0 Å². The molecule has 4 rings (SSSR count). The summed E-state index contributed by atoms with van der Waals surface area (Å²) >= 11 is 0. The second-order valence-corrected chi connectivity index (χ2v) is 8.83. The molecule has 1 amide bonds. The molecule has 3 aliphatic rings. The first kappa shape index (κ1) is 20.4. The van der Waals surface area contributed by atoms with E-state index in [1.54, 1.807) is 6.20 Å². The maximum Gasteiger partial charge on any atom is 0.224 e. The Morgan fingerprint density at radius 3 is 2.45 bits per heavy atom. The van der Waals surface area contributed by atoms with Gasteiger partial charge in [0.15, 0.2) is 0 Å². The number of piperazine rings is 1. The molecule has 7 heteroatoms. The van der Waals surface area contributed by atoms with Gasteiger partial charge in [-0.15, -0.1) is 0 Å². The molecule has 0 aromatic carbocycles. The molecular formula is C22H36N6O. The maximum atomic E-state index is 12.8. The minimum Gasteiger partial charge on any atom is -0.357 e. The number of rotatable bonds is 5. The molecule has 3 fully saturated rings. The monoisotopic (exact) mass is 400 g/mol. The predicted molar refractivity (Wildman–Crippen MR) is 116 cm³/mol. The highest BCUT2D eigenvalue weighted by atomic mass is 16.2. The molecule has 1 aliphatic carbocycles. The van der Waals surface area contributed by atoms with Crippen LogP contribution in [0.2, 0.25) is 0 Å². The van der Waals surface area contributed by atoms with Crippen LogP contribution in [0, 0.1) is 5.92 Å². The van der Waals surface area contributed by atoms with E-state index in [4.69, 9.17) is 0 Å². The van der Waals surface area contributed by atoms with Crippen molar-refractivity contribution < 1.29 is 4.79 Å². The molecular weight excluding hydrogens is 364 g/mol. The van der Waals surface area contributed by atoms with E-state index in [9.17, 15) is 4.79 Å². The first-order valence-corrected chi connectivity index (χ1v) is 11.5. The zero-order chi connectivity index (χ0) is 20.1. The largest absolute Gasteiger partial charge is 0.357 e. The minimum atomic E-state index is 0.367. The highest BCUT2D eigenvalue weighted by Crippen LogP contribution is 2.26. The standard InChI is InChI=1S/C22H36N6O/c1-23-22-24-10-7-20(25-22)27-11-8-18(9-12-27)17-21(29)28-15-13-26(14-16-28)19-5-3-2-4-6-19/h7,10,18-19H,2-6,8-9,11-17H2,1H3,(H,23,24,25). The molecule has 2 aliphatic heterocycles. The lowest BCUT2D eigenvalue weighted by Crippen LogP contribution is -2.52. The van der Waals surface area contributed by atoms with Crippen molar-refractivity contribution in [1.29, 1.82) is 0 Å². The van der Waals surface area contributed by atoms with Crippen LogP contribution in [0.3, 0.4) is 0 Å². The summed E-state index contributed by atoms with van der Waals surface area (Å²) in [4.78, 5) is 28.7. The summed E-state index contributed by atoms with van der Waals surface area (Å²) in [5.41, 5.74) is 0. The van der Waals surface area contributed by atoms with Crippen LogP contribution >= 0.6 is 0 Å².